The fraction of sp³-hybridized carbons (Fsp3) is 0.286. The molecule has 0 saturated heterocycles. The van der Waals surface area contributed by atoms with Crippen molar-refractivity contribution in [1.29, 1.82) is 0 Å². The van der Waals surface area contributed by atoms with Gasteiger partial charge in [-0.05, 0) is 44.0 Å². The molecule has 1 heterocycles. The Bertz CT molecular complexity index is 899. The molecule has 0 spiro atoms. The van der Waals surface area contributed by atoms with Crippen LogP contribution in [0.2, 0.25) is 0 Å². The average molecular weight is 395 g/mol. The van der Waals surface area contributed by atoms with Gasteiger partial charge < -0.3 is 4.90 Å². The first-order valence-electron chi connectivity index (χ1n) is 9.42. The van der Waals surface area contributed by atoms with Gasteiger partial charge in [0.2, 0.25) is 11.1 Å². The zero-order valence-electron chi connectivity index (χ0n) is 16.5. The minimum absolute atomic E-state index is 0.530. The number of nitrogens with zero attached hydrogens (tertiary/aromatic N) is 4. The van der Waals surface area contributed by atoms with Crippen LogP contribution in [0.3, 0.4) is 0 Å². The second-order valence-corrected chi connectivity index (χ2v) is 7.32. The van der Waals surface area contributed by atoms with Crippen molar-refractivity contribution in [3.63, 3.8) is 0 Å². The molecule has 3 aromatic rings. The number of aromatic nitrogens is 3. The van der Waals surface area contributed by atoms with Gasteiger partial charge in [0, 0.05) is 24.5 Å². The summed E-state index contributed by atoms with van der Waals surface area (Å²) in [5.74, 6) is 1.36. The summed E-state index contributed by atoms with van der Waals surface area (Å²) < 4.78 is 0. The largest absolute Gasteiger partial charge is 0.372 e. The molecule has 0 bridgehead atoms. The molecule has 0 saturated carbocycles. The third kappa shape index (κ3) is 5.60. The predicted molar refractivity (Wildman–Crippen MR) is 118 cm³/mol. The molecule has 0 aliphatic rings. The molecule has 0 atom stereocenters. The molecule has 0 amide bonds. The molecule has 0 radical (unpaired) electrons. The maximum absolute atomic E-state index is 4.40. The van der Waals surface area contributed by atoms with Gasteiger partial charge >= 0.3 is 0 Å². The summed E-state index contributed by atoms with van der Waals surface area (Å²) in [6.07, 6.45) is 1.77. The first kappa shape index (κ1) is 19.9. The van der Waals surface area contributed by atoms with Crippen LogP contribution in [0, 0.1) is 6.92 Å². The van der Waals surface area contributed by atoms with Gasteiger partial charge in [-0.1, -0.05) is 53.7 Å². The van der Waals surface area contributed by atoms with Crippen LogP contribution in [0.1, 0.15) is 30.5 Å². The van der Waals surface area contributed by atoms with E-state index in [1.807, 2.05) is 0 Å². The lowest BCUT2D eigenvalue weighted by Gasteiger charge is -2.20. The van der Waals surface area contributed by atoms with E-state index < -0.39 is 0 Å². The number of thioether (sulfide) groups is 1. The lowest BCUT2D eigenvalue weighted by Crippen LogP contribution is -2.21. The summed E-state index contributed by atoms with van der Waals surface area (Å²) >= 11 is 1.59. The third-order valence-electron chi connectivity index (χ3n) is 4.32. The smallest absolute Gasteiger partial charge is 0.240 e. The SMILES string of the molecule is CCN(CC)c1ccc(/C=N\Nc2nc(SCc3cccc(C)c3)n[nH]2)cc1. The highest BCUT2D eigenvalue weighted by Crippen LogP contribution is 2.20. The zero-order valence-corrected chi connectivity index (χ0v) is 17.3. The highest BCUT2D eigenvalue weighted by Gasteiger charge is 2.04. The number of hydrogen-bond acceptors (Lipinski definition) is 6. The Kier molecular flexibility index (Phi) is 7.08. The van der Waals surface area contributed by atoms with Gasteiger partial charge in [0.15, 0.2) is 0 Å². The number of rotatable bonds is 9. The van der Waals surface area contributed by atoms with E-state index in [4.69, 9.17) is 0 Å². The number of aryl methyl sites for hydroxylation is 1. The van der Waals surface area contributed by atoms with Gasteiger partial charge in [0.25, 0.3) is 0 Å². The summed E-state index contributed by atoms with van der Waals surface area (Å²) in [7, 11) is 0. The molecule has 0 aliphatic carbocycles. The van der Waals surface area contributed by atoms with Gasteiger partial charge in [-0.15, -0.1) is 5.10 Å². The van der Waals surface area contributed by atoms with Crippen molar-refractivity contribution >= 4 is 29.6 Å². The van der Waals surface area contributed by atoms with Crippen LogP contribution in [0.4, 0.5) is 11.6 Å². The zero-order chi connectivity index (χ0) is 19.8. The summed E-state index contributed by atoms with van der Waals surface area (Å²) in [5, 5.41) is 12.0. The number of anilines is 2. The quantitative estimate of drug-likeness (QED) is 0.313. The Labute approximate surface area is 170 Å². The predicted octanol–water partition coefficient (Wildman–Crippen LogP) is 4.70. The Morgan fingerprint density at radius 3 is 2.64 bits per heavy atom. The highest BCUT2D eigenvalue weighted by molar-refractivity contribution is 7.98. The van der Waals surface area contributed by atoms with Gasteiger partial charge in [-0.2, -0.15) is 10.1 Å². The number of nitrogens with one attached hydrogen (secondary N) is 2. The van der Waals surface area contributed by atoms with Crippen molar-refractivity contribution in [2.75, 3.05) is 23.4 Å². The van der Waals surface area contributed by atoms with Gasteiger partial charge in [-0.3, -0.25) is 0 Å². The molecule has 0 fully saturated rings. The van der Waals surface area contributed by atoms with Crippen LogP contribution in [0.5, 0.6) is 0 Å². The molecule has 1 aromatic heterocycles. The van der Waals surface area contributed by atoms with Crippen LogP contribution >= 0.6 is 11.8 Å². The third-order valence-corrected chi connectivity index (χ3v) is 5.24. The molecular weight excluding hydrogens is 368 g/mol. The number of hydrazone groups is 1. The monoisotopic (exact) mass is 394 g/mol. The molecule has 3 rings (SSSR count). The fourth-order valence-corrected chi connectivity index (χ4v) is 3.58. The molecule has 0 unspecified atom stereocenters. The molecule has 146 valence electrons. The van der Waals surface area contributed by atoms with Gasteiger partial charge in [-0.25, -0.2) is 10.5 Å². The molecular formula is C21H26N6S. The Morgan fingerprint density at radius 1 is 1.14 bits per heavy atom. The normalized spacial score (nSPS) is 11.1. The molecule has 0 aliphatic heterocycles. The summed E-state index contributed by atoms with van der Waals surface area (Å²) in [5.41, 5.74) is 7.66. The standard InChI is InChI=1S/C21H26N6S/c1-4-27(5-2)19-11-9-17(10-12-19)14-22-24-20-23-21(26-25-20)28-15-18-8-6-7-16(3)13-18/h6-14H,4-5,15H2,1-3H3,(H2,23,24,25,26)/b22-14-. The summed E-state index contributed by atoms with van der Waals surface area (Å²) in [4.78, 5) is 6.71. The fourth-order valence-electron chi connectivity index (χ4n) is 2.84. The average Bonchev–Trinajstić information content (AvgIpc) is 3.16. The van der Waals surface area contributed by atoms with Crippen LogP contribution in [0.25, 0.3) is 0 Å². The van der Waals surface area contributed by atoms with Crippen molar-refractivity contribution in [3.05, 3.63) is 65.2 Å². The Balaban J connectivity index is 1.51. The van der Waals surface area contributed by atoms with E-state index in [0.717, 1.165) is 24.4 Å². The Morgan fingerprint density at radius 2 is 1.93 bits per heavy atom. The van der Waals surface area contributed by atoms with Gasteiger partial charge in [0.05, 0.1) is 6.21 Å². The number of H-pyrrole nitrogens is 1. The molecule has 6 nitrogen and oxygen atoms in total. The van der Waals surface area contributed by atoms with E-state index >= 15 is 0 Å². The first-order chi connectivity index (χ1) is 13.7. The summed E-state index contributed by atoms with van der Waals surface area (Å²) in [6, 6.07) is 16.8. The van der Waals surface area contributed by atoms with E-state index in [9.17, 15) is 0 Å². The van der Waals surface area contributed by atoms with Crippen molar-refractivity contribution in [2.45, 2.75) is 31.7 Å². The lowest BCUT2D eigenvalue weighted by atomic mass is 10.2. The lowest BCUT2D eigenvalue weighted by molar-refractivity contribution is 0.866. The van der Waals surface area contributed by atoms with E-state index in [1.165, 1.54) is 16.8 Å². The second-order valence-electron chi connectivity index (χ2n) is 6.38. The molecule has 7 heteroatoms. The van der Waals surface area contributed by atoms with Crippen molar-refractivity contribution < 1.29 is 0 Å². The van der Waals surface area contributed by atoms with E-state index in [2.05, 4.69) is 99.9 Å². The van der Waals surface area contributed by atoms with Crippen LogP contribution in [-0.4, -0.2) is 34.5 Å². The summed E-state index contributed by atoms with van der Waals surface area (Å²) in [6.45, 7) is 8.42. The van der Waals surface area contributed by atoms with Gasteiger partial charge in [0.1, 0.15) is 0 Å². The van der Waals surface area contributed by atoms with E-state index in [-0.39, 0.29) is 0 Å². The van der Waals surface area contributed by atoms with E-state index in [0.29, 0.717) is 11.1 Å². The minimum atomic E-state index is 0.530. The second kappa shape index (κ2) is 9.94. The maximum atomic E-state index is 4.40. The van der Waals surface area contributed by atoms with Crippen molar-refractivity contribution in [2.24, 2.45) is 5.10 Å². The number of aromatic amines is 1. The minimum Gasteiger partial charge on any atom is -0.372 e. The molecule has 2 N–H and O–H groups in total. The molecule has 2 aromatic carbocycles. The number of benzene rings is 2. The Hall–Kier alpha value is -2.80. The van der Waals surface area contributed by atoms with Crippen LogP contribution < -0.4 is 10.3 Å². The van der Waals surface area contributed by atoms with Crippen LogP contribution in [0.15, 0.2) is 58.8 Å². The van der Waals surface area contributed by atoms with Crippen molar-refractivity contribution in [3.8, 4) is 0 Å². The van der Waals surface area contributed by atoms with Crippen molar-refractivity contribution in [1.82, 2.24) is 15.2 Å². The number of hydrogen-bond donors (Lipinski definition) is 2. The van der Waals surface area contributed by atoms with Crippen LogP contribution in [-0.2, 0) is 5.75 Å². The maximum Gasteiger partial charge on any atom is 0.240 e. The first-order valence-corrected chi connectivity index (χ1v) is 10.4. The molecule has 28 heavy (non-hydrogen) atoms. The van der Waals surface area contributed by atoms with E-state index in [1.54, 1.807) is 18.0 Å². The topological polar surface area (TPSA) is 69.2 Å². The highest BCUT2D eigenvalue weighted by atomic mass is 32.2.